The smallest absolute Gasteiger partial charge is 0.406 e. The zero-order chi connectivity index (χ0) is 25.5. The van der Waals surface area contributed by atoms with E-state index in [0.717, 1.165) is 22.2 Å². The van der Waals surface area contributed by atoms with Crippen molar-refractivity contribution in [2.24, 2.45) is 0 Å². The first-order chi connectivity index (χ1) is 16.4. The minimum absolute atomic E-state index is 0.0723. The number of nitrogen functional groups attached to an aromatic ring is 1. The highest BCUT2D eigenvalue weighted by Crippen LogP contribution is 2.45. The van der Waals surface area contributed by atoms with Crippen LogP contribution in [0.5, 0.6) is 0 Å². The van der Waals surface area contributed by atoms with Crippen molar-refractivity contribution in [2.45, 2.75) is 70.3 Å². The lowest BCUT2D eigenvalue weighted by Crippen LogP contribution is -2.46. The van der Waals surface area contributed by atoms with Gasteiger partial charge in [0.25, 0.3) is 0 Å². The third-order valence-corrected chi connectivity index (χ3v) is 8.51. The van der Waals surface area contributed by atoms with Gasteiger partial charge in [0.05, 0.1) is 11.2 Å². The fourth-order valence-corrected chi connectivity index (χ4v) is 5.65. The second-order valence-electron chi connectivity index (χ2n) is 11.7. The van der Waals surface area contributed by atoms with Gasteiger partial charge in [0, 0.05) is 11.3 Å². The van der Waals surface area contributed by atoms with Gasteiger partial charge in [0.2, 0.25) is 0 Å². The topological polar surface area (TPSA) is 53.7 Å². The zero-order valence-electron chi connectivity index (χ0n) is 22.1. The summed E-state index contributed by atoms with van der Waals surface area (Å²) in [4.78, 5) is 0. The van der Waals surface area contributed by atoms with Crippen LogP contribution in [0.2, 0.25) is 5.04 Å². The molecule has 3 aromatic rings. The van der Waals surface area contributed by atoms with Crippen LogP contribution in [0, 0.1) is 0 Å². The highest BCUT2D eigenvalue weighted by atomic mass is 28.2. The van der Waals surface area contributed by atoms with E-state index in [1.807, 2.05) is 24.3 Å². The molecule has 184 valence electrons. The molecule has 3 aromatic carbocycles. The van der Waals surface area contributed by atoms with Crippen molar-refractivity contribution < 1.29 is 13.7 Å². The van der Waals surface area contributed by atoms with E-state index >= 15 is 0 Å². The molecule has 0 amide bonds. The fourth-order valence-electron chi connectivity index (χ4n) is 4.53. The van der Waals surface area contributed by atoms with Crippen LogP contribution in [0.4, 0.5) is 5.69 Å². The minimum Gasteiger partial charge on any atom is -0.406 e. The van der Waals surface area contributed by atoms with Gasteiger partial charge in [-0.1, -0.05) is 93.6 Å². The van der Waals surface area contributed by atoms with Crippen LogP contribution in [0.1, 0.15) is 65.2 Å². The predicted octanol–water partition coefficient (Wildman–Crippen LogP) is 5.18. The summed E-state index contributed by atoms with van der Waals surface area (Å²) in [7, 11) is -1.59. The SMILES string of the molecule is CC(C)(C)[SiH2]OC(c1ccccc1)(c1ccccc1)c1c(N)cccc1B1OC(C)(C)C(C)(C)O1. The van der Waals surface area contributed by atoms with E-state index in [1.54, 1.807) is 0 Å². The van der Waals surface area contributed by atoms with Gasteiger partial charge in [-0.25, -0.2) is 0 Å². The number of rotatable bonds is 6. The van der Waals surface area contributed by atoms with Gasteiger partial charge in [-0.3, -0.25) is 0 Å². The lowest BCUT2D eigenvalue weighted by molar-refractivity contribution is 0.00578. The monoisotopic (exact) mass is 487 g/mol. The molecule has 0 aromatic heterocycles. The summed E-state index contributed by atoms with van der Waals surface area (Å²) in [5, 5.41) is 0.0723. The lowest BCUT2D eigenvalue weighted by Gasteiger charge is -2.40. The Bertz CT molecular complexity index is 1100. The van der Waals surface area contributed by atoms with E-state index in [2.05, 4.69) is 103 Å². The maximum atomic E-state index is 7.19. The normalized spacial score (nSPS) is 17.9. The van der Waals surface area contributed by atoms with Crippen LogP contribution >= 0.6 is 0 Å². The van der Waals surface area contributed by atoms with Crippen molar-refractivity contribution in [1.29, 1.82) is 0 Å². The van der Waals surface area contributed by atoms with Crippen molar-refractivity contribution >= 4 is 28.0 Å². The molecule has 1 aliphatic rings. The number of anilines is 1. The molecule has 4 rings (SSSR count). The van der Waals surface area contributed by atoms with Gasteiger partial charge in [0.15, 0.2) is 9.76 Å². The highest BCUT2D eigenvalue weighted by molar-refractivity contribution is 6.63. The molecule has 0 unspecified atom stereocenters. The molecule has 35 heavy (non-hydrogen) atoms. The molecule has 1 fully saturated rings. The largest absolute Gasteiger partial charge is 0.495 e. The molecule has 1 heterocycles. The van der Waals surface area contributed by atoms with Crippen molar-refractivity contribution in [2.75, 3.05) is 5.73 Å². The Balaban J connectivity index is 2.03. The number of hydrogen-bond acceptors (Lipinski definition) is 4. The van der Waals surface area contributed by atoms with Gasteiger partial charge in [-0.2, -0.15) is 0 Å². The third-order valence-electron chi connectivity index (χ3n) is 7.07. The molecule has 0 saturated carbocycles. The molecule has 4 nitrogen and oxygen atoms in total. The molecule has 1 aliphatic heterocycles. The van der Waals surface area contributed by atoms with Gasteiger partial charge >= 0.3 is 7.12 Å². The van der Waals surface area contributed by atoms with Crippen molar-refractivity contribution in [3.63, 3.8) is 0 Å². The van der Waals surface area contributed by atoms with Gasteiger partial charge in [-0.05, 0) is 55.4 Å². The summed E-state index contributed by atoms with van der Waals surface area (Å²) in [6.07, 6.45) is 0. The summed E-state index contributed by atoms with van der Waals surface area (Å²) >= 11 is 0. The van der Waals surface area contributed by atoms with E-state index in [4.69, 9.17) is 19.5 Å². The molecule has 0 radical (unpaired) electrons. The summed E-state index contributed by atoms with van der Waals surface area (Å²) < 4.78 is 20.3. The lowest BCUT2D eigenvalue weighted by atomic mass is 9.68. The fraction of sp³-hybridized carbons (Fsp3) is 0.379. The summed E-state index contributed by atoms with van der Waals surface area (Å²) in [6.45, 7) is 15.0. The molecule has 6 heteroatoms. The Hall–Kier alpha value is -2.38. The van der Waals surface area contributed by atoms with E-state index < -0.39 is 33.7 Å². The average molecular weight is 488 g/mol. The summed E-state index contributed by atoms with van der Waals surface area (Å²) in [5.41, 5.74) is 9.55. The standard InChI is InChI=1S/C29H38BNO3Si/c1-26(2,3)35-34-29(21-15-10-8-11-16-21,22-17-12-9-13-18-22)25-23(19-14-20-24(25)31)30-32-27(4,5)28(6,7)33-30/h8-20H,31,35H2,1-7H3. The van der Waals surface area contributed by atoms with Gasteiger partial charge in [0.1, 0.15) is 5.60 Å². The zero-order valence-corrected chi connectivity index (χ0v) is 23.5. The van der Waals surface area contributed by atoms with E-state index in [1.165, 1.54) is 0 Å². The molecule has 2 N–H and O–H groups in total. The second kappa shape index (κ2) is 9.25. The van der Waals surface area contributed by atoms with Gasteiger partial charge < -0.3 is 19.5 Å². The van der Waals surface area contributed by atoms with E-state index in [9.17, 15) is 0 Å². The molecular formula is C29H38BNO3Si. The van der Waals surface area contributed by atoms with Crippen LogP contribution in [0.25, 0.3) is 0 Å². The first-order valence-corrected chi connectivity index (χ1v) is 13.7. The van der Waals surface area contributed by atoms with Gasteiger partial charge in [-0.15, -0.1) is 0 Å². The van der Waals surface area contributed by atoms with Crippen LogP contribution in [-0.2, 0) is 19.3 Å². The summed E-state index contributed by atoms with van der Waals surface area (Å²) in [6, 6.07) is 26.8. The highest BCUT2D eigenvalue weighted by Gasteiger charge is 2.54. The van der Waals surface area contributed by atoms with Crippen molar-refractivity contribution in [3.05, 3.63) is 95.6 Å². The van der Waals surface area contributed by atoms with Crippen LogP contribution in [-0.4, -0.2) is 28.1 Å². The Morgan fingerprint density at radius 3 is 1.69 bits per heavy atom. The maximum Gasteiger partial charge on any atom is 0.495 e. The summed E-state index contributed by atoms with van der Waals surface area (Å²) in [5.74, 6) is 0. The van der Waals surface area contributed by atoms with Crippen LogP contribution < -0.4 is 11.2 Å². The third kappa shape index (κ3) is 4.85. The second-order valence-corrected chi connectivity index (χ2v) is 14.4. The Morgan fingerprint density at radius 2 is 1.23 bits per heavy atom. The van der Waals surface area contributed by atoms with Crippen molar-refractivity contribution in [1.82, 2.24) is 0 Å². The van der Waals surface area contributed by atoms with E-state index in [0.29, 0.717) is 5.69 Å². The Labute approximate surface area is 213 Å². The maximum absolute atomic E-state index is 7.19. The number of hydrogen-bond donors (Lipinski definition) is 1. The van der Waals surface area contributed by atoms with Crippen LogP contribution in [0.3, 0.4) is 0 Å². The van der Waals surface area contributed by atoms with Crippen molar-refractivity contribution in [3.8, 4) is 0 Å². The minimum atomic E-state index is -1.02. The Morgan fingerprint density at radius 1 is 0.743 bits per heavy atom. The average Bonchev–Trinajstić information content (AvgIpc) is 3.02. The first kappa shape index (κ1) is 25.7. The first-order valence-electron chi connectivity index (χ1n) is 12.4. The molecule has 0 atom stereocenters. The number of benzene rings is 3. The molecular weight excluding hydrogens is 449 g/mol. The molecule has 0 spiro atoms. The quantitative estimate of drug-likeness (QED) is 0.296. The molecule has 0 bridgehead atoms. The predicted molar refractivity (Wildman–Crippen MR) is 149 cm³/mol. The van der Waals surface area contributed by atoms with Crippen LogP contribution in [0.15, 0.2) is 78.9 Å². The number of nitrogens with two attached hydrogens (primary N) is 1. The molecule has 1 saturated heterocycles. The molecule has 0 aliphatic carbocycles. The Kier molecular flexibility index (Phi) is 6.79. The van der Waals surface area contributed by atoms with E-state index in [-0.39, 0.29) is 5.04 Å².